The second-order valence-electron chi connectivity index (χ2n) is 6.27. The first-order valence-electron chi connectivity index (χ1n) is 8.81. The summed E-state index contributed by atoms with van der Waals surface area (Å²) in [5.74, 6) is -0.278. The minimum atomic E-state index is -0.452. The van der Waals surface area contributed by atoms with E-state index in [9.17, 15) is 19.3 Å². The van der Waals surface area contributed by atoms with Crippen LogP contribution in [0.1, 0.15) is 6.42 Å². The molecule has 1 aliphatic rings. The molecule has 2 aromatic carbocycles. The smallest absolute Gasteiger partial charge is 0.292 e. The van der Waals surface area contributed by atoms with E-state index in [-0.39, 0.29) is 23.8 Å². The van der Waals surface area contributed by atoms with Gasteiger partial charge in [-0.1, -0.05) is 24.3 Å². The maximum atomic E-state index is 13.9. The Morgan fingerprint density at radius 2 is 1.74 bits per heavy atom. The zero-order valence-corrected chi connectivity index (χ0v) is 14.8. The van der Waals surface area contributed by atoms with Crippen LogP contribution in [0.3, 0.4) is 0 Å². The fourth-order valence-corrected chi connectivity index (χ4v) is 3.15. The molecule has 1 N–H and O–H groups in total. The zero-order chi connectivity index (χ0) is 19.2. The molecule has 1 aliphatic heterocycles. The van der Waals surface area contributed by atoms with Crippen molar-refractivity contribution in [3.05, 3.63) is 64.5 Å². The third-order valence-corrected chi connectivity index (χ3v) is 4.58. The number of nitrogens with zero attached hydrogens (tertiary/aromatic N) is 3. The molecule has 7 nitrogen and oxygen atoms in total. The van der Waals surface area contributed by atoms with E-state index in [0.717, 1.165) is 0 Å². The Morgan fingerprint density at radius 3 is 2.44 bits per heavy atom. The van der Waals surface area contributed by atoms with Crippen molar-refractivity contribution in [3.63, 3.8) is 0 Å². The van der Waals surface area contributed by atoms with E-state index < -0.39 is 4.92 Å². The molecular formula is C19H21FN4O3. The molecule has 3 rings (SSSR count). The van der Waals surface area contributed by atoms with Gasteiger partial charge in [-0.05, 0) is 18.2 Å². The highest BCUT2D eigenvalue weighted by Gasteiger charge is 2.22. The van der Waals surface area contributed by atoms with Crippen LogP contribution in [0.2, 0.25) is 0 Å². The predicted molar refractivity (Wildman–Crippen MR) is 101 cm³/mol. The number of benzene rings is 2. The molecule has 0 radical (unpaired) electrons. The summed E-state index contributed by atoms with van der Waals surface area (Å²) in [5.41, 5.74) is 0.950. The van der Waals surface area contributed by atoms with Gasteiger partial charge in [0, 0.05) is 45.2 Å². The maximum Gasteiger partial charge on any atom is 0.292 e. The number of nitro groups is 1. The van der Waals surface area contributed by atoms with Crippen LogP contribution >= 0.6 is 0 Å². The summed E-state index contributed by atoms with van der Waals surface area (Å²) in [6.07, 6.45) is 0.242. The first-order valence-corrected chi connectivity index (χ1v) is 8.81. The van der Waals surface area contributed by atoms with Crippen molar-refractivity contribution in [1.29, 1.82) is 0 Å². The van der Waals surface area contributed by atoms with Crippen molar-refractivity contribution >= 4 is 23.0 Å². The molecule has 8 heteroatoms. The average molecular weight is 372 g/mol. The van der Waals surface area contributed by atoms with Crippen molar-refractivity contribution in [2.24, 2.45) is 0 Å². The number of carbonyl (C=O) groups excluding carboxylic acids is 1. The van der Waals surface area contributed by atoms with Crippen LogP contribution in [-0.4, -0.2) is 48.5 Å². The van der Waals surface area contributed by atoms with E-state index in [1.807, 2.05) is 4.90 Å². The predicted octanol–water partition coefficient (Wildman–Crippen LogP) is 2.88. The maximum absolute atomic E-state index is 13.9. The number of nitro benzene ring substituents is 1. The molecule has 0 saturated carbocycles. The molecule has 0 unspecified atom stereocenters. The largest absolute Gasteiger partial charge is 0.379 e. The number of piperazine rings is 1. The Balaban J connectivity index is 1.48. The molecule has 0 aromatic heterocycles. The van der Waals surface area contributed by atoms with E-state index in [1.54, 1.807) is 41.3 Å². The normalized spacial score (nSPS) is 14.1. The number of carbonyl (C=O) groups is 1. The molecule has 142 valence electrons. The summed E-state index contributed by atoms with van der Waals surface area (Å²) in [6, 6.07) is 13.0. The lowest BCUT2D eigenvalue weighted by molar-refractivity contribution is -0.384. The lowest BCUT2D eigenvalue weighted by Gasteiger charge is -2.36. The Morgan fingerprint density at radius 1 is 1.07 bits per heavy atom. The summed E-state index contributed by atoms with van der Waals surface area (Å²) in [5, 5.41) is 14.0. The molecule has 27 heavy (non-hydrogen) atoms. The van der Waals surface area contributed by atoms with Gasteiger partial charge in [0.05, 0.1) is 10.6 Å². The van der Waals surface area contributed by atoms with Gasteiger partial charge in [-0.15, -0.1) is 0 Å². The SMILES string of the molecule is O=C(CCNc1ccccc1[N+](=O)[O-])N1CCN(c2ccccc2F)CC1. The number of anilines is 2. The number of para-hydroxylation sites is 3. The summed E-state index contributed by atoms with van der Waals surface area (Å²) < 4.78 is 13.9. The molecule has 0 spiro atoms. The van der Waals surface area contributed by atoms with Crippen LogP contribution in [0.25, 0.3) is 0 Å². The van der Waals surface area contributed by atoms with Crippen molar-refractivity contribution in [2.75, 3.05) is 42.9 Å². The van der Waals surface area contributed by atoms with Gasteiger partial charge < -0.3 is 15.1 Å². The van der Waals surface area contributed by atoms with Crippen LogP contribution < -0.4 is 10.2 Å². The van der Waals surface area contributed by atoms with Crippen molar-refractivity contribution < 1.29 is 14.1 Å². The molecule has 0 bridgehead atoms. The van der Waals surface area contributed by atoms with E-state index in [0.29, 0.717) is 44.1 Å². The first kappa shape index (κ1) is 18.6. The number of halogens is 1. The number of amides is 1. The first-order chi connectivity index (χ1) is 13.1. The van der Waals surface area contributed by atoms with Gasteiger partial charge in [-0.25, -0.2) is 4.39 Å². The summed E-state index contributed by atoms with van der Waals surface area (Å²) in [6.45, 7) is 2.52. The standard InChI is InChI=1S/C19H21FN4O3/c20-15-5-1-3-7-17(15)22-11-13-23(14-12-22)19(25)9-10-21-16-6-2-4-8-18(16)24(26)27/h1-8,21H,9-14H2. The van der Waals surface area contributed by atoms with Crippen LogP contribution in [-0.2, 0) is 4.79 Å². The third kappa shape index (κ3) is 4.52. The number of hydrogen-bond acceptors (Lipinski definition) is 5. The molecule has 1 heterocycles. The molecule has 0 atom stereocenters. The van der Waals surface area contributed by atoms with Gasteiger partial charge in [0.25, 0.3) is 5.69 Å². The molecule has 1 fully saturated rings. The Kier molecular flexibility index (Phi) is 5.85. The van der Waals surface area contributed by atoms with Crippen LogP contribution in [0.4, 0.5) is 21.5 Å². The van der Waals surface area contributed by atoms with E-state index in [1.165, 1.54) is 12.1 Å². The van der Waals surface area contributed by atoms with Gasteiger partial charge in [0.1, 0.15) is 11.5 Å². The van der Waals surface area contributed by atoms with E-state index >= 15 is 0 Å². The number of rotatable bonds is 6. The lowest BCUT2D eigenvalue weighted by Crippen LogP contribution is -2.49. The van der Waals surface area contributed by atoms with Crippen LogP contribution in [0.15, 0.2) is 48.5 Å². The highest BCUT2D eigenvalue weighted by Crippen LogP contribution is 2.23. The molecule has 2 aromatic rings. The van der Waals surface area contributed by atoms with E-state index in [4.69, 9.17) is 0 Å². The molecule has 1 saturated heterocycles. The van der Waals surface area contributed by atoms with Gasteiger partial charge in [-0.2, -0.15) is 0 Å². The van der Waals surface area contributed by atoms with Gasteiger partial charge in [0.2, 0.25) is 5.91 Å². The van der Waals surface area contributed by atoms with Gasteiger partial charge >= 0.3 is 0 Å². The van der Waals surface area contributed by atoms with Crippen LogP contribution in [0.5, 0.6) is 0 Å². The van der Waals surface area contributed by atoms with Crippen LogP contribution in [0, 0.1) is 15.9 Å². The fraction of sp³-hybridized carbons (Fsp3) is 0.316. The number of hydrogen-bond donors (Lipinski definition) is 1. The highest BCUT2D eigenvalue weighted by molar-refractivity contribution is 5.77. The van der Waals surface area contributed by atoms with E-state index in [2.05, 4.69) is 5.32 Å². The topological polar surface area (TPSA) is 78.7 Å². The quantitative estimate of drug-likeness (QED) is 0.623. The van der Waals surface area contributed by atoms with Gasteiger partial charge in [0.15, 0.2) is 0 Å². The molecular weight excluding hydrogens is 351 g/mol. The summed E-state index contributed by atoms with van der Waals surface area (Å²) in [4.78, 5) is 26.6. The van der Waals surface area contributed by atoms with Gasteiger partial charge in [-0.3, -0.25) is 14.9 Å². The minimum absolute atomic E-state index is 0.0107. The second-order valence-corrected chi connectivity index (χ2v) is 6.27. The average Bonchev–Trinajstić information content (AvgIpc) is 2.68. The zero-order valence-electron chi connectivity index (χ0n) is 14.8. The Labute approximate surface area is 156 Å². The Hall–Kier alpha value is -3.16. The third-order valence-electron chi connectivity index (χ3n) is 4.58. The number of nitrogens with one attached hydrogen (secondary N) is 1. The molecule has 1 amide bonds. The monoisotopic (exact) mass is 372 g/mol. The lowest BCUT2D eigenvalue weighted by atomic mass is 10.2. The fourth-order valence-electron chi connectivity index (χ4n) is 3.15. The summed E-state index contributed by atoms with van der Waals surface area (Å²) in [7, 11) is 0. The highest BCUT2D eigenvalue weighted by atomic mass is 19.1. The van der Waals surface area contributed by atoms with Crippen molar-refractivity contribution in [1.82, 2.24) is 4.90 Å². The Bertz CT molecular complexity index is 822. The van der Waals surface area contributed by atoms with Crippen molar-refractivity contribution in [2.45, 2.75) is 6.42 Å². The molecule has 0 aliphatic carbocycles. The summed E-state index contributed by atoms with van der Waals surface area (Å²) >= 11 is 0. The minimum Gasteiger partial charge on any atom is -0.379 e. The van der Waals surface area contributed by atoms with Crippen molar-refractivity contribution in [3.8, 4) is 0 Å². The second kappa shape index (κ2) is 8.48.